The summed E-state index contributed by atoms with van der Waals surface area (Å²) in [5.41, 5.74) is 1.06. The third-order valence-electron chi connectivity index (χ3n) is 4.48. The van der Waals surface area contributed by atoms with Gasteiger partial charge in [-0.25, -0.2) is 4.79 Å². The molecule has 0 unspecified atom stereocenters. The number of aromatic nitrogens is 1. The van der Waals surface area contributed by atoms with Crippen molar-refractivity contribution in [3.05, 3.63) is 63.0 Å². The summed E-state index contributed by atoms with van der Waals surface area (Å²) >= 11 is 0. The molecule has 8 nitrogen and oxygen atoms in total. The summed E-state index contributed by atoms with van der Waals surface area (Å²) < 4.78 is 4.56. The van der Waals surface area contributed by atoms with Gasteiger partial charge in [0.15, 0.2) is 0 Å². The summed E-state index contributed by atoms with van der Waals surface area (Å²) in [6.45, 7) is 12.2. The molecular weight excluding hydrogens is 386 g/mol. The fourth-order valence-electron chi connectivity index (χ4n) is 2.68. The Hall–Kier alpha value is -3.29. The minimum absolute atomic E-state index is 0.0563. The maximum absolute atomic E-state index is 12.8. The number of carbonyl (C=O) groups excluding carboxylic acids is 2. The first-order chi connectivity index (χ1) is 13.7. The standard InChI is InChI=1S/C22H27N3O5/c1-21(2,3)17-11-14(12-18(24-17)22(4,5)6)23-19(26)13-8-9-15(20(27)30-7)16(10-13)25(28)29/h8-12H,1-7H3,(H,23,24,26). The molecule has 160 valence electrons. The number of carbonyl (C=O) groups is 2. The van der Waals surface area contributed by atoms with E-state index < -0.39 is 22.5 Å². The Kier molecular flexibility index (Phi) is 6.30. The van der Waals surface area contributed by atoms with E-state index in [0.717, 1.165) is 24.6 Å². The lowest BCUT2D eigenvalue weighted by molar-refractivity contribution is -0.385. The quantitative estimate of drug-likeness (QED) is 0.445. The number of ether oxygens (including phenoxy) is 1. The molecule has 0 aliphatic carbocycles. The second-order valence-electron chi connectivity index (χ2n) is 9.06. The molecule has 1 amide bonds. The van der Waals surface area contributed by atoms with Crippen LogP contribution in [0.5, 0.6) is 0 Å². The van der Waals surface area contributed by atoms with E-state index in [1.807, 2.05) is 41.5 Å². The summed E-state index contributed by atoms with van der Waals surface area (Å²) in [5, 5.41) is 14.1. The number of amides is 1. The summed E-state index contributed by atoms with van der Waals surface area (Å²) in [6, 6.07) is 7.23. The highest BCUT2D eigenvalue weighted by molar-refractivity contribution is 6.06. The van der Waals surface area contributed by atoms with Crippen LogP contribution in [-0.4, -0.2) is 28.9 Å². The van der Waals surface area contributed by atoms with E-state index in [0.29, 0.717) is 5.69 Å². The zero-order chi connectivity index (χ0) is 22.9. The third-order valence-corrected chi connectivity index (χ3v) is 4.48. The van der Waals surface area contributed by atoms with Gasteiger partial charge >= 0.3 is 5.97 Å². The topological polar surface area (TPSA) is 111 Å². The first-order valence-corrected chi connectivity index (χ1v) is 9.45. The van der Waals surface area contributed by atoms with E-state index in [2.05, 4.69) is 10.1 Å². The smallest absolute Gasteiger partial charge is 0.344 e. The number of anilines is 1. The van der Waals surface area contributed by atoms with Gasteiger partial charge in [-0.3, -0.25) is 19.9 Å². The van der Waals surface area contributed by atoms with Crippen LogP contribution < -0.4 is 5.32 Å². The number of benzene rings is 1. The maximum Gasteiger partial charge on any atom is 0.344 e. The monoisotopic (exact) mass is 413 g/mol. The molecule has 0 bridgehead atoms. The Balaban J connectivity index is 2.46. The Morgan fingerprint density at radius 3 is 1.97 bits per heavy atom. The van der Waals surface area contributed by atoms with Crippen molar-refractivity contribution < 1.29 is 19.2 Å². The second kappa shape index (κ2) is 8.22. The molecule has 1 heterocycles. The van der Waals surface area contributed by atoms with Gasteiger partial charge in [0.2, 0.25) is 0 Å². The SMILES string of the molecule is COC(=O)c1ccc(C(=O)Nc2cc(C(C)(C)C)nc(C(C)(C)C)c2)cc1[N+](=O)[O-]. The Morgan fingerprint density at radius 1 is 1.00 bits per heavy atom. The molecule has 30 heavy (non-hydrogen) atoms. The van der Waals surface area contributed by atoms with E-state index in [4.69, 9.17) is 4.98 Å². The number of pyridine rings is 1. The van der Waals surface area contributed by atoms with E-state index in [1.165, 1.54) is 12.1 Å². The van der Waals surface area contributed by atoms with Crippen LogP contribution >= 0.6 is 0 Å². The number of hydrogen-bond donors (Lipinski definition) is 1. The number of nitro benzene ring substituents is 1. The van der Waals surface area contributed by atoms with Crippen molar-refractivity contribution in [2.45, 2.75) is 52.4 Å². The summed E-state index contributed by atoms with van der Waals surface area (Å²) in [7, 11) is 1.13. The number of rotatable bonds is 4. The molecule has 8 heteroatoms. The van der Waals surface area contributed by atoms with Gasteiger partial charge in [0, 0.05) is 39.5 Å². The van der Waals surface area contributed by atoms with Crippen molar-refractivity contribution in [3.63, 3.8) is 0 Å². The summed E-state index contributed by atoms with van der Waals surface area (Å²) in [4.78, 5) is 39.9. The Morgan fingerprint density at radius 2 is 1.53 bits per heavy atom. The normalized spacial score (nSPS) is 11.7. The van der Waals surface area contributed by atoms with Gasteiger partial charge in [0.25, 0.3) is 11.6 Å². The highest BCUT2D eigenvalue weighted by Crippen LogP contribution is 2.29. The van der Waals surface area contributed by atoms with E-state index in [9.17, 15) is 19.7 Å². The lowest BCUT2D eigenvalue weighted by Crippen LogP contribution is -2.21. The second-order valence-corrected chi connectivity index (χ2v) is 9.06. The van der Waals surface area contributed by atoms with Crippen LogP contribution in [-0.2, 0) is 15.6 Å². The largest absolute Gasteiger partial charge is 0.465 e. The molecular formula is C22H27N3O5. The van der Waals surface area contributed by atoms with Gasteiger partial charge in [-0.1, -0.05) is 41.5 Å². The number of methoxy groups -OCH3 is 1. The lowest BCUT2D eigenvalue weighted by atomic mass is 9.87. The molecule has 0 radical (unpaired) electrons. The van der Waals surface area contributed by atoms with Crippen LogP contribution in [0.1, 0.15) is 73.6 Å². The van der Waals surface area contributed by atoms with Gasteiger partial charge in [-0.2, -0.15) is 0 Å². The Labute approximate surface area is 175 Å². The van der Waals surface area contributed by atoms with Gasteiger partial charge in [0.1, 0.15) is 5.56 Å². The van der Waals surface area contributed by atoms with Gasteiger partial charge in [0.05, 0.1) is 12.0 Å². The van der Waals surface area contributed by atoms with E-state index in [-0.39, 0.29) is 22.0 Å². The zero-order valence-electron chi connectivity index (χ0n) is 18.3. The van der Waals surface area contributed by atoms with Gasteiger partial charge in [-0.05, 0) is 24.3 Å². The van der Waals surface area contributed by atoms with Crippen molar-refractivity contribution in [3.8, 4) is 0 Å². The fourth-order valence-corrected chi connectivity index (χ4v) is 2.68. The fraction of sp³-hybridized carbons (Fsp3) is 0.409. The predicted octanol–water partition coefficient (Wildman–Crippen LogP) is 4.62. The molecule has 2 aromatic rings. The molecule has 2 rings (SSSR count). The molecule has 0 saturated carbocycles. The van der Waals surface area contributed by atoms with E-state index >= 15 is 0 Å². The number of esters is 1. The van der Waals surface area contributed by atoms with Gasteiger partial charge in [-0.15, -0.1) is 0 Å². The van der Waals surface area contributed by atoms with Crippen molar-refractivity contribution in [1.82, 2.24) is 4.98 Å². The molecule has 0 fully saturated rings. The highest BCUT2D eigenvalue weighted by Gasteiger charge is 2.25. The minimum atomic E-state index is -0.840. The van der Waals surface area contributed by atoms with Crippen LogP contribution in [0, 0.1) is 10.1 Å². The highest BCUT2D eigenvalue weighted by atomic mass is 16.6. The molecule has 1 aromatic carbocycles. The number of hydrogen-bond acceptors (Lipinski definition) is 6. The summed E-state index contributed by atoms with van der Waals surface area (Å²) in [5.74, 6) is -1.37. The maximum atomic E-state index is 12.8. The first-order valence-electron chi connectivity index (χ1n) is 9.45. The van der Waals surface area contributed by atoms with Crippen LogP contribution in [0.4, 0.5) is 11.4 Å². The average Bonchev–Trinajstić information content (AvgIpc) is 2.65. The number of nitrogens with one attached hydrogen (secondary N) is 1. The summed E-state index contributed by atoms with van der Waals surface area (Å²) in [6.07, 6.45) is 0. The first kappa shape index (κ1) is 23.0. The van der Waals surface area contributed by atoms with Crippen molar-refractivity contribution >= 4 is 23.3 Å². The molecule has 0 spiro atoms. The Bertz CT molecular complexity index is 969. The zero-order valence-corrected chi connectivity index (χ0v) is 18.3. The number of nitro groups is 1. The van der Waals surface area contributed by atoms with Crippen molar-refractivity contribution in [2.24, 2.45) is 0 Å². The van der Waals surface area contributed by atoms with Crippen LogP contribution in [0.15, 0.2) is 30.3 Å². The molecule has 0 aliphatic rings. The molecule has 1 aromatic heterocycles. The lowest BCUT2D eigenvalue weighted by Gasteiger charge is -2.25. The molecule has 0 saturated heterocycles. The van der Waals surface area contributed by atoms with E-state index in [1.54, 1.807) is 12.1 Å². The average molecular weight is 413 g/mol. The van der Waals surface area contributed by atoms with Gasteiger partial charge < -0.3 is 10.1 Å². The molecule has 0 aliphatic heterocycles. The van der Waals surface area contributed by atoms with Crippen molar-refractivity contribution in [2.75, 3.05) is 12.4 Å². The minimum Gasteiger partial charge on any atom is -0.465 e. The van der Waals surface area contributed by atoms with Crippen molar-refractivity contribution in [1.29, 1.82) is 0 Å². The molecule has 0 atom stereocenters. The number of nitrogens with zero attached hydrogens (tertiary/aromatic N) is 2. The van der Waals surface area contributed by atoms with Crippen LogP contribution in [0.2, 0.25) is 0 Å². The van der Waals surface area contributed by atoms with Crippen LogP contribution in [0.25, 0.3) is 0 Å². The van der Waals surface area contributed by atoms with Crippen LogP contribution in [0.3, 0.4) is 0 Å². The molecule has 1 N–H and O–H groups in total. The third kappa shape index (κ3) is 5.20. The predicted molar refractivity (Wildman–Crippen MR) is 114 cm³/mol.